The molecule has 1 saturated heterocycles. The Bertz CT molecular complexity index is 530. The lowest BCUT2D eigenvalue weighted by molar-refractivity contribution is 0.0930. The van der Waals surface area contributed by atoms with Gasteiger partial charge in [-0.1, -0.05) is 37.3 Å². The fraction of sp³-hybridized carbons (Fsp3) is 0.650. The summed E-state index contributed by atoms with van der Waals surface area (Å²) in [5, 5.41) is 16.1. The lowest BCUT2D eigenvalue weighted by Crippen LogP contribution is -2.45. The van der Waals surface area contributed by atoms with Gasteiger partial charge in [0.25, 0.3) is 0 Å². The van der Waals surface area contributed by atoms with E-state index in [-0.39, 0.29) is 12.0 Å². The topological polar surface area (TPSA) is 75.1 Å². The number of hydrogen-bond acceptors (Lipinski definition) is 4. The summed E-state index contributed by atoms with van der Waals surface area (Å²) in [6.07, 6.45) is 1.72. The first-order chi connectivity index (χ1) is 12.7. The Labute approximate surface area is 157 Å². The molecule has 1 aliphatic rings. The molecule has 1 aliphatic heterocycles. The Morgan fingerprint density at radius 2 is 2.15 bits per heavy atom. The summed E-state index contributed by atoms with van der Waals surface area (Å²) < 4.78 is 11.3. The number of guanidine groups is 1. The summed E-state index contributed by atoms with van der Waals surface area (Å²) in [6, 6.07) is 10.2. The number of aliphatic hydroxyl groups is 1. The zero-order chi connectivity index (χ0) is 18.7. The van der Waals surface area contributed by atoms with Crippen molar-refractivity contribution in [1.82, 2.24) is 10.6 Å². The summed E-state index contributed by atoms with van der Waals surface area (Å²) in [6.45, 7) is 6.69. The molecule has 2 atom stereocenters. The standard InChI is InChI=1S/C20H33N3O3/c1-17(13-26-14-18-6-4-3-5-7-18)12-22-19(21-2)23-15-20(8-10-24)9-11-25-16-20/h3-7,17,24H,8-16H2,1-2H3,(H2,21,22,23). The van der Waals surface area contributed by atoms with E-state index in [1.54, 1.807) is 7.05 Å². The molecule has 3 N–H and O–H groups in total. The van der Waals surface area contributed by atoms with Crippen LogP contribution in [0, 0.1) is 11.3 Å². The Morgan fingerprint density at radius 1 is 1.35 bits per heavy atom. The van der Waals surface area contributed by atoms with Crippen LogP contribution in [-0.2, 0) is 16.1 Å². The van der Waals surface area contributed by atoms with E-state index in [4.69, 9.17) is 9.47 Å². The summed E-state index contributed by atoms with van der Waals surface area (Å²) >= 11 is 0. The molecule has 0 aromatic heterocycles. The van der Waals surface area contributed by atoms with Crippen LogP contribution in [0.5, 0.6) is 0 Å². The van der Waals surface area contributed by atoms with E-state index in [9.17, 15) is 5.11 Å². The first-order valence-corrected chi connectivity index (χ1v) is 9.42. The molecule has 0 amide bonds. The third kappa shape index (κ3) is 6.94. The number of nitrogens with zero attached hydrogens (tertiary/aromatic N) is 1. The molecular formula is C20H33N3O3. The minimum atomic E-state index is 0.0107. The highest BCUT2D eigenvalue weighted by Crippen LogP contribution is 2.31. The van der Waals surface area contributed by atoms with E-state index in [1.807, 2.05) is 18.2 Å². The van der Waals surface area contributed by atoms with Crippen molar-refractivity contribution in [3.63, 3.8) is 0 Å². The van der Waals surface area contributed by atoms with E-state index in [1.165, 1.54) is 5.56 Å². The lowest BCUT2D eigenvalue weighted by atomic mass is 9.84. The van der Waals surface area contributed by atoms with Crippen molar-refractivity contribution in [1.29, 1.82) is 0 Å². The number of hydrogen-bond donors (Lipinski definition) is 3. The maximum Gasteiger partial charge on any atom is 0.191 e. The third-order valence-electron chi connectivity index (χ3n) is 4.81. The summed E-state index contributed by atoms with van der Waals surface area (Å²) in [5.41, 5.74) is 1.20. The molecule has 2 rings (SSSR count). The molecule has 6 nitrogen and oxygen atoms in total. The molecule has 26 heavy (non-hydrogen) atoms. The van der Waals surface area contributed by atoms with Crippen LogP contribution in [0.15, 0.2) is 35.3 Å². The quantitative estimate of drug-likeness (QED) is 0.437. The molecule has 0 aliphatic carbocycles. The van der Waals surface area contributed by atoms with Crippen molar-refractivity contribution in [2.24, 2.45) is 16.3 Å². The van der Waals surface area contributed by atoms with Crippen molar-refractivity contribution in [3.05, 3.63) is 35.9 Å². The third-order valence-corrected chi connectivity index (χ3v) is 4.81. The van der Waals surface area contributed by atoms with Gasteiger partial charge in [-0.25, -0.2) is 0 Å². The fourth-order valence-corrected chi connectivity index (χ4v) is 3.09. The van der Waals surface area contributed by atoms with E-state index in [0.717, 1.165) is 38.5 Å². The predicted molar refractivity (Wildman–Crippen MR) is 104 cm³/mol. The van der Waals surface area contributed by atoms with Gasteiger partial charge in [0.05, 0.1) is 19.8 Å². The van der Waals surface area contributed by atoms with Crippen molar-refractivity contribution >= 4 is 5.96 Å². The van der Waals surface area contributed by atoms with Crippen molar-refractivity contribution in [2.75, 3.05) is 46.6 Å². The Hall–Kier alpha value is -1.63. The highest BCUT2D eigenvalue weighted by atomic mass is 16.5. The number of benzene rings is 1. The van der Waals surface area contributed by atoms with Gasteiger partial charge in [0.1, 0.15) is 0 Å². The van der Waals surface area contributed by atoms with Crippen molar-refractivity contribution in [2.45, 2.75) is 26.4 Å². The molecule has 0 saturated carbocycles. The second-order valence-corrected chi connectivity index (χ2v) is 7.19. The average Bonchev–Trinajstić information content (AvgIpc) is 3.12. The monoisotopic (exact) mass is 363 g/mol. The lowest BCUT2D eigenvalue weighted by Gasteiger charge is -2.28. The number of aliphatic hydroxyl groups excluding tert-OH is 1. The van der Waals surface area contributed by atoms with E-state index in [2.05, 4.69) is 34.7 Å². The smallest absolute Gasteiger partial charge is 0.191 e. The zero-order valence-electron chi connectivity index (χ0n) is 16.0. The summed E-state index contributed by atoms with van der Waals surface area (Å²) in [7, 11) is 1.77. The van der Waals surface area contributed by atoms with Crippen LogP contribution >= 0.6 is 0 Å². The minimum Gasteiger partial charge on any atom is -0.396 e. The van der Waals surface area contributed by atoms with Crippen molar-refractivity contribution in [3.8, 4) is 0 Å². The molecule has 0 radical (unpaired) electrons. The molecule has 1 aromatic carbocycles. The first kappa shape index (κ1) is 20.7. The summed E-state index contributed by atoms with van der Waals surface area (Å²) in [4.78, 5) is 4.29. The maximum atomic E-state index is 9.31. The second kappa shape index (κ2) is 11.2. The van der Waals surface area contributed by atoms with Gasteiger partial charge >= 0.3 is 0 Å². The van der Waals surface area contributed by atoms with Crippen molar-refractivity contribution < 1.29 is 14.6 Å². The van der Waals surface area contributed by atoms with E-state index in [0.29, 0.717) is 25.7 Å². The first-order valence-electron chi connectivity index (χ1n) is 9.42. The van der Waals surface area contributed by atoms with Gasteiger partial charge in [0.15, 0.2) is 5.96 Å². The molecule has 1 heterocycles. The van der Waals surface area contributed by atoms with Gasteiger partial charge in [0, 0.05) is 38.8 Å². The van der Waals surface area contributed by atoms with E-state index < -0.39 is 0 Å². The number of rotatable bonds is 10. The molecular weight excluding hydrogens is 330 g/mol. The Balaban J connectivity index is 1.65. The highest BCUT2D eigenvalue weighted by Gasteiger charge is 2.34. The van der Waals surface area contributed by atoms with Crippen LogP contribution in [0.4, 0.5) is 0 Å². The van der Waals surface area contributed by atoms with Gasteiger partial charge in [-0.3, -0.25) is 4.99 Å². The van der Waals surface area contributed by atoms with Gasteiger partial charge in [0.2, 0.25) is 0 Å². The number of aliphatic imine (C=N–C) groups is 1. The average molecular weight is 364 g/mol. The molecule has 1 aromatic rings. The molecule has 0 bridgehead atoms. The predicted octanol–water partition coefficient (Wildman–Crippen LogP) is 1.79. The number of nitrogens with one attached hydrogen (secondary N) is 2. The van der Waals surface area contributed by atoms with Gasteiger partial charge in [-0.15, -0.1) is 0 Å². The minimum absolute atomic E-state index is 0.0107. The van der Waals surface area contributed by atoms with Gasteiger partial charge in [-0.2, -0.15) is 0 Å². The normalized spacial score (nSPS) is 21.6. The maximum absolute atomic E-state index is 9.31. The van der Waals surface area contributed by atoms with Crippen LogP contribution in [0.2, 0.25) is 0 Å². The van der Waals surface area contributed by atoms with E-state index >= 15 is 0 Å². The zero-order valence-corrected chi connectivity index (χ0v) is 16.0. The molecule has 2 unspecified atom stereocenters. The van der Waals surface area contributed by atoms with Crippen LogP contribution in [-0.4, -0.2) is 57.6 Å². The van der Waals surface area contributed by atoms with Gasteiger partial charge in [-0.05, 0) is 24.3 Å². The SMILES string of the molecule is CN=C(NCC(C)COCc1ccccc1)NCC1(CCO)CCOC1. The number of ether oxygens (including phenoxy) is 2. The highest BCUT2D eigenvalue weighted by molar-refractivity contribution is 5.79. The van der Waals surface area contributed by atoms with Crippen LogP contribution in [0.3, 0.4) is 0 Å². The van der Waals surface area contributed by atoms with Gasteiger partial charge < -0.3 is 25.2 Å². The van der Waals surface area contributed by atoms with Crippen LogP contribution in [0.25, 0.3) is 0 Å². The molecule has 146 valence electrons. The largest absolute Gasteiger partial charge is 0.396 e. The fourth-order valence-electron chi connectivity index (χ4n) is 3.09. The van der Waals surface area contributed by atoms with Crippen LogP contribution < -0.4 is 10.6 Å². The Kier molecular flexibility index (Phi) is 8.88. The molecule has 0 spiro atoms. The second-order valence-electron chi connectivity index (χ2n) is 7.19. The molecule has 1 fully saturated rings. The molecule has 6 heteroatoms. The Morgan fingerprint density at radius 3 is 2.81 bits per heavy atom. The summed E-state index contributed by atoms with van der Waals surface area (Å²) in [5.74, 6) is 1.16. The van der Waals surface area contributed by atoms with Crippen LogP contribution in [0.1, 0.15) is 25.3 Å².